The number of nitrogens with two attached hydrogens (primary N) is 1. The summed E-state index contributed by atoms with van der Waals surface area (Å²) in [7, 11) is 0. The molecule has 0 aromatic heterocycles. The van der Waals surface area contributed by atoms with Crippen LogP contribution in [-0.2, 0) is 0 Å². The van der Waals surface area contributed by atoms with Crippen LogP contribution in [0.4, 0.5) is 0 Å². The molecule has 0 spiro atoms. The highest BCUT2D eigenvalue weighted by Crippen LogP contribution is 2.23. The van der Waals surface area contributed by atoms with Gasteiger partial charge < -0.3 is 16.2 Å². The first-order valence-corrected chi connectivity index (χ1v) is 6.34. The molecule has 0 saturated heterocycles. The molecule has 0 saturated carbocycles. The maximum Gasteiger partial charge on any atom is 0.251 e. The van der Waals surface area contributed by atoms with Crippen molar-refractivity contribution in [3.05, 3.63) is 29.8 Å². The first-order chi connectivity index (χ1) is 8.56. The third-order valence-electron chi connectivity index (χ3n) is 3.69. The number of hydrogen-bond acceptors (Lipinski definition) is 3. The Hall–Kier alpha value is -1.55. The Morgan fingerprint density at radius 1 is 1.28 bits per heavy atom. The van der Waals surface area contributed by atoms with Crippen molar-refractivity contribution < 1.29 is 9.90 Å². The smallest absolute Gasteiger partial charge is 0.251 e. The van der Waals surface area contributed by atoms with Crippen LogP contribution in [0.5, 0.6) is 5.75 Å². The average Bonchev–Trinajstić information content (AvgIpc) is 2.41. The van der Waals surface area contributed by atoms with Crippen LogP contribution < -0.4 is 11.1 Å². The Morgan fingerprint density at radius 3 is 2.28 bits per heavy atom. The van der Waals surface area contributed by atoms with E-state index in [2.05, 4.69) is 19.2 Å². The summed E-state index contributed by atoms with van der Waals surface area (Å²) in [6.07, 6.45) is 1.88. The van der Waals surface area contributed by atoms with E-state index < -0.39 is 0 Å². The molecule has 0 atom stereocenters. The third-order valence-corrected chi connectivity index (χ3v) is 3.69. The lowest BCUT2D eigenvalue weighted by molar-refractivity contribution is 0.0928. The van der Waals surface area contributed by atoms with Crippen molar-refractivity contribution in [1.82, 2.24) is 5.32 Å². The van der Waals surface area contributed by atoms with E-state index in [1.165, 1.54) is 12.1 Å². The first kappa shape index (κ1) is 14.5. The number of hydrogen-bond donors (Lipinski definition) is 3. The van der Waals surface area contributed by atoms with Crippen molar-refractivity contribution in [2.45, 2.75) is 26.7 Å². The van der Waals surface area contributed by atoms with E-state index in [0.717, 1.165) is 12.8 Å². The van der Waals surface area contributed by atoms with Gasteiger partial charge in [-0.25, -0.2) is 0 Å². The fraction of sp³-hybridized carbons (Fsp3) is 0.500. The lowest BCUT2D eigenvalue weighted by atomic mass is 9.82. The van der Waals surface area contributed by atoms with Crippen LogP contribution in [-0.4, -0.2) is 24.1 Å². The topological polar surface area (TPSA) is 75.3 Å². The van der Waals surface area contributed by atoms with Crippen LogP contribution in [0.1, 0.15) is 37.0 Å². The predicted octanol–water partition coefficient (Wildman–Crippen LogP) is 1.89. The van der Waals surface area contributed by atoms with Crippen LogP contribution in [0.15, 0.2) is 24.3 Å². The minimum atomic E-state index is -0.130. The van der Waals surface area contributed by atoms with Gasteiger partial charge in [0.1, 0.15) is 5.75 Å². The Morgan fingerprint density at radius 2 is 1.83 bits per heavy atom. The molecule has 0 bridgehead atoms. The molecule has 4 heteroatoms. The number of aromatic hydroxyl groups is 1. The van der Waals surface area contributed by atoms with E-state index in [0.29, 0.717) is 18.7 Å². The molecule has 1 amide bonds. The minimum Gasteiger partial charge on any atom is -0.508 e. The van der Waals surface area contributed by atoms with Crippen molar-refractivity contribution in [2.75, 3.05) is 13.1 Å². The molecule has 0 fully saturated rings. The van der Waals surface area contributed by atoms with Crippen molar-refractivity contribution in [3.8, 4) is 5.75 Å². The van der Waals surface area contributed by atoms with Gasteiger partial charge in [0.25, 0.3) is 5.91 Å². The first-order valence-electron chi connectivity index (χ1n) is 6.34. The second kappa shape index (κ2) is 6.40. The summed E-state index contributed by atoms with van der Waals surface area (Å²) in [4.78, 5) is 11.9. The van der Waals surface area contributed by atoms with Gasteiger partial charge in [-0.3, -0.25) is 4.79 Å². The summed E-state index contributed by atoms with van der Waals surface area (Å²) in [5.41, 5.74) is 6.32. The van der Waals surface area contributed by atoms with Crippen molar-refractivity contribution >= 4 is 5.91 Å². The molecule has 0 radical (unpaired) electrons. The number of benzene rings is 1. The Kier molecular flexibility index (Phi) is 5.16. The number of carbonyl (C=O) groups is 1. The van der Waals surface area contributed by atoms with Gasteiger partial charge in [0.05, 0.1) is 0 Å². The standard InChI is InChI=1S/C14H22N2O2/c1-3-14(4-2,9-15)10-16-13(18)11-5-7-12(17)8-6-11/h5-8,17H,3-4,9-10,15H2,1-2H3,(H,16,18). The second-order valence-corrected chi connectivity index (χ2v) is 4.64. The monoisotopic (exact) mass is 250 g/mol. The molecule has 0 aliphatic heterocycles. The summed E-state index contributed by atoms with van der Waals surface area (Å²) in [6, 6.07) is 6.22. The van der Waals surface area contributed by atoms with Crippen LogP contribution >= 0.6 is 0 Å². The molecule has 0 unspecified atom stereocenters. The highest BCUT2D eigenvalue weighted by Gasteiger charge is 2.24. The summed E-state index contributed by atoms with van der Waals surface area (Å²) < 4.78 is 0. The zero-order valence-corrected chi connectivity index (χ0v) is 11.1. The average molecular weight is 250 g/mol. The van der Waals surface area contributed by atoms with Gasteiger partial charge >= 0.3 is 0 Å². The normalized spacial score (nSPS) is 11.3. The number of amides is 1. The highest BCUT2D eigenvalue weighted by molar-refractivity contribution is 5.94. The minimum absolute atomic E-state index is 0.0213. The van der Waals surface area contributed by atoms with Gasteiger partial charge in [0, 0.05) is 12.1 Å². The van der Waals surface area contributed by atoms with Crippen LogP contribution in [0, 0.1) is 5.41 Å². The summed E-state index contributed by atoms with van der Waals surface area (Å²) >= 11 is 0. The van der Waals surface area contributed by atoms with E-state index >= 15 is 0 Å². The van der Waals surface area contributed by atoms with Crippen LogP contribution in [0.2, 0.25) is 0 Å². The van der Waals surface area contributed by atoms with Gasteiger partial charge in [0.2, 0.25) is 0 Å². The van der Waals surface area contributed by atoms with E-state index in [1.54, 1.807) is 12.1 Å². The maximum absolute atomic E-state index is 11.9. The molecular formula is C14H22N2O2. The third kappa shape index (κ3) is 3.47. The quantitative estimate of drug-likeness (QED) is 0.721. The van der Waals surface area contributed by atoms with Gasteiger partial charge in [0.15, 0.2) is 0 Å². The lowest BCUT2D eigenvalue weighted by Crippen LogP contribution is -2.41. The molecule has 4 nitrogen and oxygen atoms in total. The van der Waals surface area contributed by atoms with Gasteiger partial charge in [-0.2, -0.15) is 0 Å². The predicted molar refractivity (Wildman–Crippen MR) is 72.5 cm³/mol. The molecule has 4 N–H and O–H groups in total. The Labute approximate surface area is 108 Å². The zero-order valence-electron chi connectivity index (χ0n) is 11.1. The van der Waals surface area contributed by atoms with Gasteiger partial charge in [-0.1, -0.05) is 13.8 Å². The lowest BCUT2D eigenvalue weighted by Gasteiger charge is -2.30. The summed E-state index contributed by atoms with van der Waals surface area (Å²) in [5.74, 6) is 0.0275. The highest BCUT2D eigenvalue weighted by atomic mass is 16.3. The number of nitrogens with one attached hydrogen (secondary N) is 1. The molecule has 1 aromatic carbocycles. The van der Waals surface area contributed by atoms with Crippen LogP contribution in [0.3, 0.4) is 0 Å². The summed E-state index contributed by atoms with van der Waals surface area (Å²) in [6.45, 7) is 5.32. The number of rotatable bonds is 6. The van der Waals surface area contributed by atoms with Crippen LogP contribution in [0.25, 0.3) is 0 Å². The van der Waals surface area contributed by atoms with Crippen molar-refractivity contribution in [1.29, 1.82) is 0 Å². The van der Waals surface area contributed by atoms with E-state index in [9.17, 15) is 4.79 Å². The van der Waals surface area contributed by atoms with E-state index in [4.69, 9.17) is 10.8 Å². The Bertz CT molecular complexity index is 375. The van der Waals surface area contributed by atoms with Crippen molar-refractivity contribution in [3.63, 3.8) is 0 Å². The number of phenols is 1. The largest absolute Gasteiger partial charge is 0.508 e. The number of carbonyl (C=O) groups excluding carboxylic acids is 1. The maximum atomic E-state index is 11.9. The fourth-order valence-electron chi connectivity index (χ4n) is 1.84. The van der Waals surface area contributed by atoms with Gasteiger partial charge in [-0.05, 0) is 49.1 Å². The SMILES string of the molecule is CCC(CC)(CN)CNC(=O)c1ccc(O)cc1. The molecule has 0 aliphatic rings. The van der Waals surface area contributed by atoms with E-state index in [-0.39, 0.29) is 17.1 Å². The molecule has 100 valence electrons. The van der Waals surface area contributed by atoms with Crippen molar-refractivity contribution in [2.24, 2.45) is 11.1 Å². The molecule has 0 aliphatic carbocycles. The fourth-order valence-corrected chi connectivity index (χ4v) is 1.84. The Balaban J connectivity index is 2.63. The zero-order chi connectivity index (χ0) is 13.6. The second-order valence-electron chi connectivity index (χ2n) is 4.64. The molecule has 1 rings (SSSR count). The molecule has 18 heavy (non-hydrogen) atoms. The van der Waals surface area contributed by atoms with Gasteiger partial charge in [-0.15, -0.1) is 0 Å². The molecule has 1 aromatic rings. The summed E-state index contributed by atoms with van der Waals surface area (Å²) in [5, 5.41) is 12.1. The molecular weight excluding hydrogens is 228 g/mol. The number of phenolic OH excluding ortho intramolecular Hbond substituents is 1. The molecule has 0 heterocycles. The van der Waals surface area contributed by atoms with E-state index in [1.807, 2.05) is 0 Å².